The summed E-state index contributed by atoms with van der Waals surface area (Å²) in [6, 6.07) is 20.6. The molecule has 2 aromatic rings. The second kappa shape index (κ2) is 5.72. The first-order valence-corrected chi connectivity index (χ1v) is 5.64. The first-order chi connectivity index (χ1) is 8.77. The number of benzene rings is 2. The molecule has 0 aliphatic rings. The minimum absolute atomic E-state index is 0.0431. The second-order valence-corrected chi connectivity index (χ2v) is 3.77. The standard InChI is InChI=1S/C14H15N4/c15-14(16)17-11-18(12-7-3-1-4-8-12)13-9-5-2-6-10-13/h1,3-10H,11H2,(H4,15,16,17). The van der Waals surface area contributed by atoms with Gasteiger partial charge in [-0.2, -0.15) is 0 Å². The van der Waals surface area contributed by atoms with Gasteiger partial charge in [0.15, 0.2) is 5.96 Å². The van der Waals surface area contributed by atoms with Crippen LogP contribution in [0.3, 0.4) is 0 Å². The van der Waals surface area contributed by atoms with Crippen molar-refractivity contribution in [2.75, 3.05) is 11.6 Å². The molecule has 0 aromatic heterocycles. The number of nitrogens with two attached hydrogens (primary N) is 1. The molecule has 2 rings (SSSR count). The molecule has 0 heterocycles. The molecule has 0 fully saturated rings. The van der Waals surface area contributed by atoms with Crippen molar-refractivity contribution >= 4 is 17.3 Å². The van der Waals surface area contributed by atoms with E-state index in [4.69, 9.17) is 11.1 Å². The van der Waals surface area contributed by atoms with Gasteiger partial charge in [0.25, 0.3) is 0 Å². The van der Waals surface area contributed by atoms with Crippen molar-refractivity contribution in [1.29, 1.82) is 5.41 Å². The van der Waals surface area contributed by atoms with Crippen molar-refractivity contribution in [1.82, 2.24) is 5.32 Å². The van der Waals surface area contributed by atoms with E-state index in [1.807, 2.05) is 59.5 Å². The largest absolute Gasteiger partial charge is 0.370 e. The smallest absolute Gasteiger partial charge is 0.187 e. The van der Waals surface area contributed by atoms with Crippen LogP contribution in [-0.2, 0) is 0 Å². The Morgan fingerprint density at radius 3 is 2.33 bits per heavy atom. The van der Waals surface area contributed by atoms with E-state index < -0.39 is 0 Å². The van der Waals surface area contributed by atoms with Crippen LogP contribution in [-0.4, -0.2) is 12.6 Å². The summed E-state index contributed by atoms with van der Waals surface area (Å²) in [6.07, 6.45) is 0. The summed E-state index contributed by atoms with van der Waals surface area (Å²) in [5.41, 5.74) is 7.40. The van der Waals surface area contributed by atoms with Crippen LogP contribution in [0, 0.1) is 11.5 Å². The molecule has 0 spiro atoms. The molecule has 4 nitrogen and oxygen atoms in total. The van der Waals surface area contributed by atoms with E-state index in [1.165, 1.54) is 0 Å². The Morgan fingerprint density at radius 2 is 1.72 bits per heavy atom. The van der Waals surface area contributed by atoms with Gasteiger partial charge < -0.3 is 16.0 Å². The van der Waals surface area contributed by atoms with Crippen LogP contribution in [0.1, 0.15) is 0 Å². The minimum Gasteiger partial charge on any atom is -0.370 e. The maximum Gasteiger partial charge on any atom is 0.187 e. The Morgan fingerprint density at radius 1 is 1.11 bits per heavy atom. The Balaban J connectivity index is 2.26. The molecular formula is C14H15N4. The highest BCUT2D eigenvalue weighted by molar-refractivity contribution is 5.75. The zero-order valence-corrected chi connectivity index (χ0v) is 9.93. The molecule has 4 N–H and O–H groups in total. The number of hydrogen-bond donors (Lipinski definition) is 3. The number of nitrogens with one attached hydrogen (secondary N) is 2. The first-order valence-electron chi connectivity index (χ1n) is 5.64. The third-order valence-electron chi connectivity index (χ3n) is 2.51. The summed E-state index contributed by atoms with van der Waals surface area (Å²) in [5, 5.41) is 10.1. The molecular weight excluding hydrogens is 224 g/mol. The van der Waals surface area contributed by atoms with Crippen LogP contribution in [0.2, 0.25) is 0 Å². The molecule has 0 saturated carbocycles. The van der Waals surface area contributed by atoms with Crippen molar-refractivity contribution < 1.29 is 0 Å². The fraction of sp³-hybridized carbons (Fsp3) is 0.0714. The SMILES string of the molecule is N=C(N)NCN(c1cc[c]cc1)c1ccccc1. The van der Waals surface area contributed by atoms with E-state index in [2.05, 4.69) is 11.4 Å². The van der Waals surface area contributed by atoms with E-state index in [0.29, 0.717) is 6.67 Å². The fourth-order valence-electron chi connectivity index (χ4n) is 1.66. The van der Waals surface area contributed by atoms with Crippen LogP contribution in [0.25, 0.3) is 0 Å². The predicted molar refractivity (Wildman–Crippen MR) is 73.8 cm³/mol. The van der Waals surface area contributed by atoms with Crippen LogP contribution in [0.5, 0.6) is 0 Å². The predicted octanol–water partition coefficient (Wildman–Crippen LogP) is 2.07. The highest BCUT2D eigenvalue weighted by Crippen LogP contribution is 2.23. The lowest BCUT2D eigenvalue weighted by Gasteiger charge is -2.25. The van der Waals surface area contributed by atoms with Gasteiger partial charge in [-0.25, -0.2) is 0 Å². The highest BCUT2D eigenvalue weighted by atomic mass is 15.3. The molecule has 0 bridgehead atoms. The average Bonchev–Trinajstić information content (AvgIpc) is 2.41. The van der Waals surface area contributed by atoms with Gasteiger partial charge in [0.05, 0.1) is 6.67 Å². The molecule has 0 amide bonds. The maximum atomic E-state index is 7.25. The van der Waals surface area contributed by atoms with Crippen LogP contribution >= 0.6 is 0 Å². The van der Waals surface area contributed by atoms with Gasteiger partial charge in [-0.3, -0.25) is 5.41 Å². The van der Waals surface area contributed by atoms with Crippen LogP contribution < -0.4 is 16.0 Å². The van der Waals surface area contributed by atoms with E-state index in [-0.39, 0.29) is 5.96 Å². The van der Waals surface area contributed by atoms with Crippen LogP contribution in [0.4, 0.5) is 11.4 Å². The van der Waals surface area contributed by atoms with E-state index in [0.717, 1.165) is 11.4 Å². The molecule has 91 valence electrons. The van der Waals surface area contributed by atoms with Gasteiger partial charge in [0, 0.05) is 11.4 Å². The number of rotatable bonds is 4. The molecule has 0 aliphatic heterocycles. The fourth-order valence-corrected chi connectivity index (χ4v) is 1.66. The third kappa shape index (κ3) is 3.01. The number of anilines is 2. The van der Waals surface area contributed by atoms with Crippen molar-refractivity contribution in [2.45, 2.75) is 0 Å². The number of guanidine groups is 1. The van der Waals surface area contributed by atoms with Gasteiger partial charge in [-0.15, -0.1) is 0 Å². The van der Waals surface area contributed by atoms with Crippen molar-refractivity contribution in [3.8, 4) is 0 Å². The topological polar surface area (TPSA) is 65.1 Å². The lowest BCUT2D eigenvalue weighted by Crippen LogP contribution is -2.38. The summed E-state index contributed by atoms with van der Waals surface area (Å²) in [7, 11) is 0. The molecule has 2 aromatic carbocycles. The summed E-state index contributed by atoms with van der Waals surface area (Å²) >= 11 is 0. The zero-order valence-electron chi connectivity index (χ0n) is 9.93. The molecule has 0 unspecified atom stereocenters. The van der Waals surface area contributed by atoms with Gasteiger partial charge >= 0.3 is 0 Å². The second-order valence-electron chi connectivity index (χ2n) is 3.77. The van der Waals surface area contributed by atoms with Crippen LogP contribution in [0.15, 0.2) is 54.6 Å². The molecule has 0 aliphatic carbocycles. The average molecular weight is 239 g/mol. The summed E-state index contributed by atoms with van der Waals surface area (Å²) < 4.78 is 0. The lowest BCUT2D eigenvalue weighted by atomic mass is 10.2. The Bertz CT molecular complexity index is 456. The van der Waals surface area contributed by atoms with E-state index in [9.17, 15) is 0 Å². The number of nitrogens with zero attached hydrogens (tertiary/aromatic N) is 1. The monoisotopic (exact) mass is 239 g/mol. The Hall–Kier alpha value is -2.49. The van der Waals surface area contributed by atoms with Gasteiger partial charge in [0.1, 0.15) is 0 Å². The first kappa shape index (κ1) is 12.0. The lowest BCUT2D eigenvalue weighted by molar-refractivity contribution is 0.865. The number of para-hydroxylation sites is 1. The molecule has 18 heavy (non-hydrogen) atoms. The van der Waals surface area contributed by atoms with Crippen molar-refractivity contribution in [2.24, 2.45) is 5.73 Å². The quantitative estimate of drug-likeness (QED) is 0.435. The molecule has 4 heteroatoms. The van der Waals surface area contributed by atoms with Gasteiger partial charge in [0.2, 0.25) is 0 Å². The Labute approximate surface area is 107 Å². The van der Waals surface area contributed by atoms with E-state index >= 15 is 0 Å². The van der Waals surface area contributed by atoms with Gasteiger partial charge in [-0.1, -0.05) is 30.3 Å². The molecule has 0 saturated heterocycles. The molecule has 1 radical (unpaired) electrons. The molecule has 0 atom stereocenters. The van der Waals surface area contributed by atoms with Crippen molar-refractivity contribution in [3.63, 3.8) is 0 Å². The van der Waals surface area contributed by atoms with E-state index in [1.54, 1.807) is 0 Å². The third-order valence-corrected chi connectivity index (χ3v) is 2.51. The maximum absolute atomic E-state index is 7.25. The normalized spacial score (nSPS) is 9.78. The van der Waals surface area contributed by atoms with Crippen molar-refractivity contribution in [3.05, 3.63) is 60.7 Å². The number of hydrogen-bond acceptors (Lipinski definition) is 2. The Kier molecular flexibility index (Phi) is 3.81. The minimum atomic E-state index is -0.0431. The summed E-state index contributed by atoms with van der Waals surface area (Å²) in [6.45, 7) is 0.448. The zero-order chi connectivity index (χ0) is 12.8. The summed E-state index contributed by atoms with van der Waals surface area (Å²) in [4.78, 5) is 2.04. The highest BCUT2D eigenvalue weighted by Gasteiger charge is 2.07. The summed E-state index contributed by atoms with van der Waals surface area (Å²) in [5.74, 6) is -0.0431. The van der Waals surface area contributed by atoms with Gasteiger partial charge in [-0.05, 0) is 30.3 Å².